The van der Waals surface area contributed by atoms with Gasteiger partial charge in [0.1, 0.15) is 5.82 Å². The second-order valence-electron chi connectivity index (χ2n) is 4.43. The number of sulfonamides is 1. The van der Waals surface area contributed by atoms with Gasteiger partial charge in [0.25, 0.3) is 0 Å². The van der Waals surface area contributed by atoms with E-state index in [1.54, 1.807) is 0 Å². The summed E-state index contributed by atoms with van der Waals surface area (Å²) < 4.78 is 40.0. The van der Waals surface area contributed by atoms with E-state index in [9.17, 15) is 12.8 Å². The van der Waals surface area contributed by atoms with Gasteiger partial charge in [-0.2, -0.15) is 0 Å². The highest BCUT2D eigenvalue weighted by Crippen LogP contribution is 2.23. The van der Waals surface area contributed by atoms with Crippen LogP contribution in [0.25, 0.3) is 0 Å². The number of benzene rings is 1. The second kappa shape index (κ2) is 5.34. The molecule has 0 unspecified atom stereocenters. The van der Waals surface area contributed by atoms with E-state index >= 15 is 0 Å². The molecule has 0 amide bonds. The quantitative estimate of drug-likeness (QED) is 0.822. The zero-order chi connectivity index (χ0) is 13.2. The Morgan fingerprint density at radius 2 is 2.11 bits per heavy atom. The summed E-state index contributed by atoms with van der Waals surface area (Å²) >= 11 is 0. The molecule has 0 atom stereocenters. The van der Waals surface area contributed by atoms with Crippen LogP contribution in [0.4, 0.5) is 4.39 Å². The minimum Gasteiger partial charge on any atom is -0.313 e. The first-order chi connectivity index (χ1) is 8.53. The molecule has 100 valence electrons. The van der Waals surface area contributed by atoms with Crippen molar-refractivity contribution in [3.8, 4) is 0 Å². The van der Waals surface area contributed by atoms with E-state index < -0.39 is 10.0 Å². The maximum absolute atomic E-state index is 13.5. The summed E-state index contributed by atoms with van der Waals surface area (Å²) in [6, 6.07) is 3.95. The Morgan fingerprint density at radius 1 is 1.39 bits per heavy atom. The summed E-state index contributed by atoms with van der Waals surface area (Å²) in [5, 5.41) is 2.98. The van der Waals surface area contributed by atoms with E-state index in [1.165, 1.54) is 18.2 Å². The van der Waals surface area contributed by atoms with Crippen LogP contribution in [0.5, 0.6) is 0 Å². The molecule has 0 heterocycles. The van der Waals surface area contributed by atoms with E-state index in [0.717, 1.165) is 12.8 Å². The summed E-state index contributed by atoms with van der Waals surface area (Å²) in [5.74, 6) is -0.388. The van der Waals surface area contributed by atoms with Gasteiger partial charge in [0, 0.05) is 18.2 Å². The van der Waals surface area contributed by atoms with Crippen LogP contribution in [0, 0.1) is 5.82 Å². The Balaban J connectivity index is 2.22. The van der Waals surface area contributed by atoms with Crippen LogP contribution in [0.3, 0.4) is 0 Å². The number of nitrogens with one attached hydrogen (secondary N) is 2. The molecular formula is C12H17FN2O2S. The lowest BCUT2D eigenvalue weighted by Crippen LogP contribution is -2.26. The van der Waals surface area contributed by atoms with Crippen molar-refractivity contribution in [2.45, 2.75) is 37.2 Å². The van der Waals surface area contributed by atoms with Gasteiger partial charge in [-0.05, 0) is 37.6 Å². The fraction of sp³-hybridized carbons (Fsp3) is 0.500. The highest BCUT2D eigenvalue weighted by Gasteiger charge is 2.28. The van der Waals surface area contributed by atoms with E-state index in [4.69, 9.17) is 0 Å². The molecule has 1 fully saturated rings. The van der Waals surface area contributed by atoms with E-state index in [1.807, 2.05) is 6.92 Å². The van der Waals surface area contributed by atoms with E-state index in [-0.39, 0.29) is 16.8 Å². The molecule has 0 spiro atoms. The van der Waals surface area contributed by atoms with Crippen molar-refractivity contribution in [2.24, 2.45) is 0 Å². The third kappa shape index (κ3) is 3.28. The van der Waals surface area contributed by atoms with Crippen molar-refractivity contribution < 1.29 is 12.8 Å². The summed E-state index contributed by atoms with van der Waals surface area (Å²) in [6.07, 6.45) is 1.76. The minimum absolute atomic E-state index is 0.0530. The van der Waals surface area contributed by atoms with E-state index in [0.29, 0.717) is 18.7 Å². The van der Waals surface area contributed by atoms with Crippen molar-refractivity contribution in [3.63, 3.8) is 0 Å². The van der Waals surface area contributed by atoms with Crippen LogP contribution >= 0.6 is 0 Å². The van der Waals surface area contributed by atoms with Crippen molar-refractivity contribution in [1.29, 1.82) is 0 Å². The Bertz CT molecular complexity index is 527. The number of halogens is 1. The molecule has 0 saturated heterocycles. The SMILES string of the molecule is CCNCc1cc(S(=O)(=O)NC2CC2)ccc1F. The lowest BCUT2D eigenvalue weighted by atomic mass is 10.2. The molecule has 0 radical (unpaired) electrons. The third-order valence-electron chi connectivity index (χ3n) is 2.79. The molecule has 1 aromatic rings. The first-order valence-corrected chi connectivity index (χ1v) is 7.52. The topological polar surface area (TPSA) is 58.2 Å². The number of hydrogen-bond acceptors (Lipinski definition) is 3. The normalized spacial score (nSPS) is 15.9. The maximum atomic E-state index is 13.5. The summed E-state index contributed by atoms with van der Waals surface area (Å²) in [5.41, 5.74) is 0.371. The van der Waals surface area contributed by atoms with Gasteiger partial charge < -0.3 is 5.32 Å². The van der Waals surface area contributed by atoms with Crippen LogP contribution in [-0.2, 0) is 16.6 Å². The number of hydrogen-bond donors (Lipinski definition) is 2. The standard InChI is InChI=1S/C12H17FN2O2S/c1-2-14-8-9-7-11(5-6-12(9)13)18(16,17)15-10-3-4-10/h5-7,10,14-15H,2-4,8H2,1H3. The lowest BCUT2D eigenvalue weighted by molar-refractivity contribution is 0.576. The third-order valence-corrected chi connectivity index (χ3v) is 4.31. The largest absolute Gasteiger partial charge is 0.313 e. The zero-order valence-corrected chi connectivity index (χ0v) is 11.1. The van der Waals surface area contributed by atoms with Crippen molar-refractivity contribution in [1.82, 2.24) is 10.0 Å². The molecular weight excluding hydrogens is 255 g/mol. The Labute approximate surface area is 107 Å². The summed E-state index contributed by atoms with van der Waals surface area (Å²) in [6.45, 7) is 2.94. The maximum Gasteiger partial charge on any atom is 0.240 e. The molecule has 6 heteroatoms. The van der Waals surface area contributed by atoms with Gasteiger partial charge in [-0.1, -0.05) is 6.92 Å². The first kappa shape index (κ1) is 13.5. The van der Waals surface area contributed by atoms with Gasteiger partial charge in [0.05, 0.1) is 4.90 Å². The molecule has 2 N–H and O–H groups in total. The van der Waals surface area contributed by atoms with Gasteiger partial charge in [0.2, 0.25) is 10.0 Å². The van der Waals surface area contributed by atoms with Crippen LogP contribution in [-0.4, -0.2) is 21.0 Å². The van der Waals surface area contributed by atoms with Gasteiger partial charge in [-0.15, -0.1) is 0 Å². The molecule has 1 aromatic carbocycles. The van der Waals surface area contributed by atoms with Crippen molar-refractivity contribution in [2.75, 3.05) is 6.54 Å². The Hall–Kier alpha value is -0.980. The molecule has 4 nitrogen and oxygen atoms in total. The lowest BCUT2D eigenvalue weighted by Gasteiger charge is -2.09. The van der Waals surface area contributed by atoms with Gasteiger partial charge in [-0.3, -0.25) is 0 Å². The first-order valence-electron chi connectivity index (χ1n) is 6.04. The molecule has 18 heavy (non-hydrogen) atoms. The smallest absolute Gasteiger partial charge is 0.240 e. The monoisotopic (exact) mass is 272 g/mol. The highest BCUT2D eigenvalue weighted by molar-refractivity contribution is 7.89. The van der Waals surface area contributed by atoms with Crippen LogP contribution in [0.2, 0.25) is 0 Å². The van der Waals surface area contributed by atoms with Crippen LogP contribution in [0.15, 0.2) is 23.1 Å². The predicted octanol–water partition coefficient (Wildman–Crippen LogP) is 1.38. The molecule has 0 bridgehead atoms. The average molecular weight is 272 g/mol. The zero-order valence-electron chi connectivity index (χ0n) is 10.2. The second-order valence-corrected chi connectivity index (χ2v) is 6.14. The molecule has 0 aromatic heterocycles. The fourth-order valence-corrected chi connectivity index (χ4v) is 2.96. The molecule has 2 rings (SSSR count). The predicted molar refractivity (Wildman–Crippen MR) is 67.1 cm³/mol. The summed E-state index contributed by atoms with van der Waals surface area (Å²) in [4.78, 5) is 0.128. The molecule has 0 aliphatic heterocycles. The Morgan fingerprint density at radius 3 is 2.72 bits per heavy atom. The van der Waals surface area contributed by atoms with Gasteiger partial charge in [-0.25, -0.2) is 17.5 Å². The summed E-state index contributed by atoms with van der Waals surface area (Å²) in [7, 11) is -3.51. The van der Waals surface area contributed by atoms with Gasteiger partial charge in [0.15, 0.2) is 0 Å². The molecule has 1 saturated carbocycles. The van der Waals surface area contributed by atoms with Crippen LogP contribution < -0.4 is 10.0 Å². The van der Waals surface area contributed by atoms with Crippen LogP contribution in [0.1, 0.15) is 25.3 Å². The molecule has 1 aliphatic carbocycles. The number of rotatable bonds is 6. The minimum atomic E-state index is -3.51. The van der Waals surface area contributed by atoms with Crippen molar-refractivity contribution in [3.05, 3.63) is 29.6 Å². The highest BCUT2D eigenvalue weighted by atomic mass is 32.2. The van der Waals surface area contributed by atoms with E-state index in [2.05, 4.69) is 10.0 Å². The van der Waals surface area contributed by atoms with Crippen molar-refractivity contribution >= 4 is 10.0 Å². The fourth-order valence-electron chi connectivity index (χ4n) is 1.60. The molecule has 1 aliphatic rings. The Kier molecular flexibility index (Phi) is 3.99. The van der Waals surface area contributed by atoms with Gasteiger partial charge >= 0.3 is 0 Å². The average Bonchev–Trinajstić information content (AvgIpc) is 3.11.